The van der Waals surface area contributed by atoms with Crippen LogP contribution in [0.3, 0.4) is 0 Å². The summed E-state index contributed by atoms with van der Waals surface area (Å²) in [6, 6.07) is 2.29. The van der Waals surface area contributed by atoms with Crippen LogP contribution >= 0.6 is 0 Å². The Morgan fingerprint density at radius 3 is 2.69 bits per heavy atom. The number of likely N-dealkylation sites (tertiary alicyclic amines) is 1. The predicted molar refractivity (Wildman–Crippen MR) is 108 cm³/mol. The van der Waals surface area contributed by atoms with Gasteiger partial charge in [0.05, 0.1) is 18.0 Å². The van der Waals surface area contributed by atoms with Gasteiger partial charge in [-0.25, -0.2) is 0 Å². The SMILES string of the molecule is CC1(C(N)=O)CC(=O)C=C(N2CCC(C#N)(NC(=O)CCC3CCCCC3)C2)C1. The molecule has 0 aromatic heterocycles. The zero-order valence-corrected chi connectivity index (χ0v) is 17.3. The first-order valence-corrected chi connectivity index (χ1v) is 10.8. The molecule has 7 heteroatoms. The number of nitrogens with zero attached hydrogens (tertiary/aromatic N) is 2. The van der Waals surface area contributed by atoms with Crippen molar-refractivity contribution in [2.45, 2.75) is 76.7 Å². The number of hydrogen-bond donors (Lipinski definition) is 2. The Balaban J connectivity index is 1.59. The molecule has 2 fully saturated rings. The minimum atomic E-state index is -0.950. The number of nitrogens with two attached hydrogens (primary N) is 1. The molecule has 1 aliphatic heterocycles. The second-order valence-corrected chi connectivity index (χ2v) is 9.34. The average Bonchev–Trinajstić information content (AvgIpc) is 3.11. The topological polar surface area (TPSA) is 116 Å². The Hall–Kier alpha value is -2.36. The number of nitrogens with one attached hydrogen (secondary N) is 1. The summed E-state index contributed by atoms with van der Waals surface area (Å²) in [5, 5.41) is 12.7. The second kappa shape index (κ2) is 8.56. The molecular formula is C22H32N4O3. The lowest BCUT2D eigenvalue weighted by molar-refractivity contribution is -0.132. The molecule has 158 valence electrons. The van der Waals surface area contributed by atoms with Gasteiger partial charge in [-0.3, -0.25) is 14.4 Å². The number of carbonyl (C=O) groups is 3. The number of ketones is 1. The van der Waals surface area contributed by atoms with Gasteiger partial charge in [0.2, 0.25) is 11.8 Å². The largest absolute Gasteiger partial charge is 0.371 e. The summed E-state index contributed by atoms with van der Waals surface area (Å²) >= 11 is 0. The van der Waals surface area contributed by atoms with Crippen LogP contribution in [0.1, 0.15) is 71.1 Å². The average molecular weight is 401 g/mol. The summed E-state index contributed by atoms with van der Waals surface area (Å²) in [7, 11) is 0. The lowest BCUT2D eigenvalue weighted by atomic mass is 9.76. The van der Waals surface area contributed by atoms with E-state index in [2.05, 4.69) is 11.4 Å². The molecule has 0 radical (unpaired) electrons. The highest BCUT2D eigenvalue weighted by molar-refractivity contribution is 5.97. The van der Waals surface area contributed by atoms with E-state index in [-0.39, 0.29) is 18.1 Å². The second-order valence-electron chi connectivity index (χ2n) is 9.34. The predicted octanol–water partition coefficient (Wildman–Crippen LogP) is 2.17. The standard InChI is InChI=1S/C22H32N4O3/c1-21(20(24)29)12-17(11-18(27)13-21)26-10-9-22(14-23,15-26)25-19(28)8-7-16-5-3-2-4-6-16/h11,16H,2-10,12-13,15H2,1H3,(H2,24,29)(H,25,28). The third-order valence-corrected chi connectivity index (χ3v) is 6.83. The summed E-state index contributed by atoms with van der Waals surface area (Å²) in [6.07, 6.45) is 10.1. The van der Waals surface area contributed by atoms with Crippen LogP contribution < -0.4 is 11.1 Å². The van der Waals surface area contributed by atoms with Crippen molar-refractivity contribution < 1.29 is 14.4 Å². The molecule has 2 aliphatic carbocycles. The first-order valence-electron chi connectivity index (χ1n) is 10.8. The quantitative estimate of drug-likeness (QED) is 0.709. The van der Waals surface area contributed by atoms with Crippen LogP contribution in [0.4, 0.5) is 0 Å². The van der Waals surface area contributed by atoms with Gasteiger partial charge in [-0.05, 0) is 19.3 Å². The first kappa shape index (κ1) is 21.4. The highest BCUT2D eigenvalue weighted by Gasteiger charge is 2.44. The van der Waals surface area contributed by atoms with Crippen molar-refractivity contribution in [3.63, 3.8) is 0 Å². The number of rotatable bonds is 6. The monoisotopic (exact) mass is 400 g/mol. The third kappa shape index (κ3) is 4.98. The zero-order valence-electron chi connectivity index (χ0n) is 17.3. The van der Waals surface area contributed by atoms with Crippen molar-refractivity contribution in [1.82, 2.24) is 10.2 Å². The van der Waals surface area contributed by atoms with Gasteiger partial charge in [-0.1, -0.05) is 32.1 Å². The van der Waals surface area contributed by atoms with Gasteiger partial charge in [-0.2, -0.15) is 5.26 Å². The summed E-state index contributed by atoms with van der Waals surface area (Å²) in [6.45, 7) is 2.60. The number of amides is 2. The Bertz CT molecular complexity index is 750. The van der Waals surface area contributed by atoms with E-state index in [1.807, 2.05) is 4.90 Å². The normalized spacial score (nSPS) is 30.6. The molecule has 7 nitrogen and oxygen atoms in total. The van der Waals surface area contributed by atoms with E-state index >= 15 is 0 Å². The zero-order chi connectivity index (χ0) is 21.1. The van der Waals surface area contributed by atoms with Crippen LogP contribution in [0.25, 0.3) is 0 Å². The molecular weight excluding hydrogens is 368 g/mol. The number of primary amides is 1. The lowest BCUT2D eigenvalue weighted by Gasteiger charge is -2.34. The number of hydrogen-bond acceptors (Lipinski definition) is 5. The van der Waals surface area contributed by atoms with Crippen molar-refractivity contribution >= 4 is 17.6 Å². The number of allylic oxidation sites excluding steroid dienone is 2. The van der Waals surface area contributed by atoms with E-state index in [1.54, 1.807) is 13.0 Å². The van der Waals surface area contributed by atoms with Crippen LogP contribution in [-0.2, 0) is 14.4 Å². The summed E-state index contributed by atoms with van der Waals surface area (Å²) in [5.41, 5.74) is 4.40. The van der Waals surface area contributed by atoms with Gasteiger partial charge in [-0.15, -0.1) is 0 Å². The molecule has 0 spiro atoms. The molecule has 2 unspecified atom stereocenters. The molecule has 29 heavy (non-hydrogen) atoms. The number of carbonyl (C=O) groups excluding carboxylic acids is 3. The Morgan fingerprint density at radius 1 is 1.31 bits per heavy atom. The maximum Gasteiger partial charge on any atom is 0.224 e. The van der Waals surface area contributed by atoms with Crippen LogP contribution in [0, 0.1) is 22.7 Å². The molecule has 0 aromatic carbocycles. The Labute approximate surface area is 172 Å². The maximum atomic E-state index is 12.5. The van der Waals surface area contributed by atoms with Crippen molar-refractivity contribution in [2.24, 2.45) is 17.1 Å². The molecule has 0 bridgehead atoms. The summed E-state index contributed by atoms with van der Waals surface area (Å²) < 4.78 is 0. The highest BCUT2D eigenvalue weighted by atomic mass is 16.2. The van der Waals surface area contributed by atoms with Crippen molar-refractivity contribution in [2.75, 3.05) is 13.1 Å². The molecule has 0 aromatic rings. The molecule has 1 heterocycles. The molecule has 2 atom stereocenters. The fourth-order valence-electron chi connectivity index (χ4n) is 4.93. The van der Waals surface area contributed by atoms with Crippen LogP contribution in [-0.4, -0.2) is 41.1 Å². The smallest absolute Gasteiger partial charge is 0.224 e. The van der Waals surface area contributed by atoms with Gasteiger partial charge in [0.15, 0.2) is 5.78 Å². The highest BCUT2D eigenvalue weighted by Crippen LogP contribution is 2.38. The van der Waals surface area contributed by atoms with Crippen molar-refractivity contribution in [3.05, 3.63) is 11.8 Å². The van der Waals surface area contributed by atoms with E-state index in [0.29, 0.717) is 38.3 Å². The molecule has 1 saturated heterocycles. The van der Waals surface area contributed by atoms with E-state index in [1.165, 1.54) is 32.1 Å². The van der Waals surface area contributed by atoms with Crippen molar-refractivity contribution in [1.29, 1.82) is 5.26 Å². The van der Waals surface area contributed by atoms with Gasteiger partial charge in [0, 0.05) is 44.0 Å². The molecule has 3 rings (SSSR count). The Morgan fingerprint density at radius 2 is 2.03 bits per heavy atom. The van der Waals surface area contributed by atoms with E-state index in [0.717, 1.165) is 12.1 Å². The molecule has 2 amide bonds. The van der Waals surface area contributed by atoms with Gasteiger partial charge in [0.25, 0.3) is 0 Å². The minimum absolute atomic E-state index is 0.0744. The van der Waals surface area contributed by atoms with Crippen LogP contribution in [0.5, 0.6) is 0 Å². The summed E-state index contributed by atoms with van der Waals surface area (Å²) in [4.78, 5) is 38.4. The summed E-state index contributed by atoms with van der Waals surface area (Å²) in [5.74, 6) is -0.0659. The van der Waals surface area contributed by atoms with Gasteiger partial charge in [0.1, 0.15) is 5.54 Å². The maximum absolute atomic E-state index is 12.5. The van der Waals surface area contributed by atoms with Crippen molar-refractivity contribution in [3.8, 4) is 6.07 Å². The van der Waals surface area contributed by atoms with Crippen LogP contribution in [0.2, 0.25) is 0 Å². The molecule has 3 aliphatic rings. The molecule has 3 N–H and O–H groups in total. The first-order chi connectivity index (χ1) is 13.8. The van der Waals surface area contributed by atoms with E-state index < -0.39 is 16.9 Å². The third-order valence-electron chi connectivity index (χ3n) is 6.83. The van der Waals surface area contributed by atoms with Gasteiger partial charge >= 0.3 is 0 Å². The fourth-order valence-corrected chi connectivity index (χ4v) is 4.93. The molecule has 1 saturated carbocycles. The van der Waals surface area contributed by atoms with E-state index in [4.69, 9.17) is 5.73 Å². The van der Waals surface area contributed by atoms with Crippen LogP contribution in [0.15, 0.2) is 11.8 Å². The fraction of sp³-hybridized carbons (Fsp3) is 0.727. The number of nitriles is 1. The van der Waals surface area contributed by atoms with E-state index in [9.17, 15) is 19.6 Å². The van der Waals surface area contributed by atoms with Gasteiger partial charge < -0.3 is 16.0 Å². The minimum Gasteiger partial charge on any atom is -0.371 e. The lowest BCUT2D eigenvalue weighted by Crippen LogP contribution is -2.49. The Kier molecular flexibility index (Phi) is 6.30.